The normalized spacial score (nSPS) is 12.1. The summed E-state index contributed by atoms with van der Waals surface area (Å²) in [6, 6.07) is 39.7. The average Bonchev–Trinajstić information content (AvgIpc) is 3.74. The minimum atomic E-state index is 0.895. The molecule has 0 aliphatic rings. The maximum absolute atomic E-state index is 5.64. The summed E-state index contributed by atoms with van der Waals surface area (Å²) in [4.78, 5) is 0. The second-order valence-electron chi connectivity index (χ2n) is 10.3. The first-order valence-corrected chi connectivity index (χ1v) is 13.9. The lowest BCUT2D eigenvalue weighted by Gasteiger charge is -2.06. The van der Waals surface area contributed by atoms with Crippen LogP contribution in [0, 0.1) is 0 Å². The molecular weight excluding hydrogens is 496 g/mol. The number of hydrogen-bond acceptors (Lipinski definition) is 3. The summed E-state index contributed by atoms with van der Waals surface area (Å²) < 4.78 is 13.9. The first kappa shape index (κ1) is 21.1. The Balaban J connectivity index is 1.25. The molecule has 3 heteroatoms. The fourth-order valence-corrected chi connectivity index (χ4v) is 7.12. The van der Waals surface area contributed by atoms with E-state index in [1.54, 1.807) is 12.5 Å². The Morgan fingerprint density at radius 3 is 1.28 bits per heavy atom. The zero-order chi connectivity index (χ0) is 25.5. The van der Waals surface area contributed by atoms with E-state index >= 15 is 0 Å². The Hall–Kier alpha value is -4.86. The van der Waals surface area contributed by atoms with E-state index in [-0.39, 0.29) is 0 Å². The Labute approximate surface area is 227 Å². The molecule has 2 nitrogen and oxygen atoms in total. The summed E-state index contributed by atoms with van der Waals surface area (Å²) >= 11 is 1.88. The quantitative estimate of drug-likeness (QED) is 0.214. The van der Waals surface area contributed by atoms with Gasteiger partial charge in [0.15, 0.2) is 0 Å². The van der Waals surface area contributed by atoms with Crippen LogP contribution >= 0.6 is 11.3 Å². The highest BCUT2D eigenvalue weighted by Crippen LogP contribution is 2.40. The van der Waals surface area contributed by atoms with Crippen LogP contribution in [0.5, 0.6) is 0 Å². The number of furan rings is 2. The van der Waals surface area contributed by atoms with Crippen LogP contribution in [-0.4, -0.2) is 0 Å². The Bertz CT molecular complexity index is 2200. The summed E-state index contributed by atoms with van der Waals surface area (Å²) in [5, 5.41) is 12.6. The Morgan fingerprint density at radius 1 is 0.385 bits per heavy atom. The second-order valence-corrected chi connectivity index (χ2v) is 11.4. The van der Waals surface area contributed by atoms with Crippen molar-refractivity contribution in [3.05, 3.63) is 122 Å². The second kappa shape index (κ2) is 7.83. The van der Waals surface area contributed by atoms with Crippen molar-refractivity contribution in [1.29, 1.82) is 0 Å². The summed E-state index contributed by atoms with van der Waals surface area (Å²) in [7, 11) is 0. The lowest BCUT2D eigenvalue weighted by Crippen LogP contribution is -1.80. The summed E-state index contributed by atoms with van der Waals surface area (Å²) in [5.74, 6) is 1.79. The summed E-state index contributed by atoms with van der Waals surface area (Å²) in [6.07, 6.45) is 3.45. The van der Waals surface area contributed by atoms with Crippen LogP contribution < -0.4 is 0 Å². The van der Waals surface area contributed by atoms with Crippen LogP contribution in [0.1, 0.15) is 0 Å². The van der Waals surface area contributed by atoms with Crippen molar-refractivity contribution in [1.82, 2.24) is 0 Å². The van der Waals surface area contributed by atoms with Crippen LogP contribution in [0.2, 0.25) is 0 Å². The van der Waals surface area contributed by atoms with Gasteiger partial charge in [0.25, 0.3) is 0 Å². The molecule has 0 aliphatic carbocycles. The molecule has 0 atom stereocenters. The van der Waals surface area contributed by atoms with Gasteiger partial charge in [-0.25, -0.2) is 0 Å². The van der Waals surface area contributed by atoms with Gasteiger partial charge in [0.1, 0.15) is 11.5 Å². The maximum atomic E-state index is 5.64. The van der Waals surface area contributed by atoms with E-state index in [0.717, 1.165) is 22.6 Å². The predicted molar refractivity (Wildman–Crippen MR) is 165 cm³/mol. The highest BCUT2D eigenvalue weighted by Gasteiger charge is 2.11. The van der Waals surface area contributed by atoms with Crippen molar-refractivity contribution >= 4 is 74.6 Å². The predicted octanol–water partition coefficient (Wildman–Crippen LogP) is 11.2. The van der Waals surface area contributed by atoms with E-state index in [0.29, 0.717) is 0 Å². The molecule has 0 fully saturated rings. The molecule has 0 saturated carbocycles. The third-order valence-corrected chi connectivity index (χ3v) is 9.02. The lowest BCUT2D eigenvalue weighted by atomic mass is 9.98. The van der Waals surface area contributed by atoms with E-state index in [1.165, 1.54) is 63.3 Å². The third kappa shape index (κ3) is 3.27. The number of thiophene rings is 1. The molecule has 39 heavy (non-hydrogen) atoms. The highest BCUT2D eigenvalue weighted by atomic mass is 32.1. The molecule has 0 spiro atoms. The fourth-order valence-electron chi connectivity index (χ4n) is 5.96. The molecule has 0 N–H and O–H groups in total. The zero-order valence-electron chi connectivity index (χ0n) is 20.8. The molecule has 182 valence electrons. The van der Waals surface area contributed by atoms with Crippen molar-refractivity contribution in [2.24, 2.45) is 0 Å². The Kier molecular flexibility index (Phi) is 4.24. The molecular formula is C36H20O2S. The Morgan fingerprint density at radius 2 is 0.821 bits per heavy atom. The summed E-state index contributed by atoms with van der Waals surface area (Å²) in [5.41, 5.74) is 2.20. The van der Waals surface area contributed by atoms with Crippen molar-refractivity contribution in [3.63, 3.8) is 0 Å². The lowest BCUT2D eigenvalue weighted by molar-refractivity contribution is 0.582. The van der Waals surface area contributed by atoms with Crippen LogP contribution in [0.4, 0.5) is 0 Å². The van der Waals surface area contributed by atoms with E-state index in [4.69, 9.17) is 8.83 Å². The summed E-state index contributed by atoms with van der Waals surface area (Å²) in [6.45, 7) is 0. The molecule has 9 aromatic rings. The number of benzene rings is 6. The van der Waals surface area contributed by atoms with E-state index in [1.807, 2.05) is 35.6 Å². The van der Waals surface area contributed by atoms with Crippen molar-refractivity contribution < 1.29 is 8.83 Å². The van der Waals surface area contributed by atoms with Crippen LogP contribution in [-0.2, 0) is 0 Å². The first-order valence-electron chi connectivity index (χ1n) is 13.0. The van der Waals surface area contributed by atoms with E-state index < -0.39 is 0 Å². The van der Waals surface area contributed by atoms with Crippen LogP contribution in [0.25, 0.3) is 85.9 Å². The van der Waals surface area contributed by atoms with Crippen LogP contribution in [0.15, 0.2) is 131 Å². The molecule has 3 heterocycles. The number of fused-ring (bicyclic) bond motifs is 7. The monoisotopic (exact) mass is 516 g/mol. The molecule has 0 saturated heterocycles. The van der Waals surface area contributed by atoms with Gasteiger partial charge in [-0.1, -0.05) is 24.3 Å². The molecule has 3 aromatic heterocycles. The molecule has 9 rings (SSSR count). The van der Waals surface area contributed by atoms with Gasteiger partial charge in [0.2, 0.25) is 0 Å². The van der Waals surface area contributed by atoms with Gasteiger partial charge in [-0.05, 0) is 128 Å². The standard InChI is InChI=1S/C36H20O2S/c1-3-33(37-9-1)23-7-5-21-11-29-19-35-31(17-27(29)15-25(21)13-23)32-18-28-16-26-14-24(34-4-2-10-38-34)8-6-22(26)12-30(28)20-36(32)39-35/h1-20H. The average molecular weight is 517 g/mol. The molecule has 0 aliphatic heterocycles. The molecule has 6 aromatic carbocycles. The van der Waals surface area contributed by atoms with Crippen LogP contribution in [0.3, 0.4) is 0 Å². The molecule has 0 bridgehead atoms. The third-order valence-electron chi connectivity index (χ3n) is 7.91. The largest absolute Gasteiger partial charge is 0.464 e. The van der Waals surface area contributed by atoms with Gasteiger partial charge >= 0.3 is 0 Å². The van der Waals surface area contributed by atoms with Gasteiger partial charge < -0.3 is 8.83 Å². The highest BCUT2D eigenvalue weighted by molar-refractivity contribution is 7.26. The van der Waals surface area contributed by atoms with Crippen molar-refractivity contribution in [2.45, 2.75) is 0 Å². The number of hydrogen-bond donors (Lipinski definition) is 0. The minimum Gasteiger partial charge on any atom is -0.464 e. The van der Waals surface area contributed by atoms with Gasteiger partial charge in [0, 0.05) is 31.3 Å². The first-order chi connectivity index (χ1) is 19.2. The van der Waals surface area contributed by atoms with Gasteiger partial charge in [0.05, 0.1) is 12.5 Å². The molecule has 0 amide bonds. The molecule has 0 unspecified atom stereocenters. The van der Waals surface area contributed by atoms with Crippen molar-refractivity contribution in [3.8, 4) is 22.6 Å². The van der Waals surface area contributed by atoms with Gasteiger partial charge in [-0.3, -0.25) is 0 Å². The number of rotatable bonds is 2. The zero-order valence-corrected chi connectivity index (χ0v) is 21.6. The van der Waals surface area contributed by atoms with Crippen molar-refractivity contribution in [2.75, 3.05) is 0 Å². The minimum absolute atomic E-state index is 0.895. The van der Waals surface area contributed by atoms with Gasteiger partial charge in [-0.2, -0.15) is 0 Å². The molecule has 0 radical (unpaired) electrons. The van der Waals surface area contributed by atoms with Gasteiger partial charge in [-0.15, -0.1) is 11.3 Å². The topological polar surface area (TPSA) is 26.3 Å². The van der Waals surface area contributed by atoms with E-state index in [9.17, 15) is 0 Å². The SMILES string of the molecule is c1coc(-c2ccc3cc4cc5sc6cc7cc8ccc(-c9ccco9)cc8cc7cc6c5cc4cc3c2)c1. The fraction of sp³-hybridized carbons (Fsp3) is 0. The maximum Gasteiger partial charge on any atom is 0.133 e. The smallest absolute Gasteiger partial charge is 0.133 e. The van der Waals surface area contributed by atoms with E-state index in [2.05, 4.69) is 84.9 Å².